The molecule has 0 aliphatic rings. The molecule has 0 saturated carbocycles. The normalized spacial score (nSPS) is 10.9. The van der Waals surface area contributed by atoms with Crippen molar-refractivity contribution in [2.24, 2.45) is 5.14 Å². The minimum Gasteiger partial charge on any atom is -0.397 e. The number of rotatable bonds is 3. The van der Waals surface area contributed by atoms with Crippen LogP contribution in [0, 0.1) is 17.1 Å². The third kappa shape index (κ3) is 3.28. The fourth-order valence-electron chi connectivity index (χ4n) is 1.66. The first-order valence-corrected chi connectivity index (χ1v) is 7.25. The molecule has 108 valence electrons. The molecule has 0 heterocycles. The van der Waals surface area contributed by atoms with Crippen LogP contribution in [0.4, 0.5) is 21.5 Å². The zero-order valence-corrected chi connectivity index (χ0v) is 11.5. The van der Waals surface area contributed by atoms with Gasteiger partial charge in [-0.1, -0.05) is 0 Å². The Labute approximate surface area is 120 Å². The second kappa shape index (κ2) is 5.40. The second-order valence-electron chi connectivity index (χ2n) is 4.23. The molecule has 0 aliphatic carbocycles. The number of sulfonamides is 1. The molecule has 0 aromatic heterocycles. The summed E-state index contributed by atoms with van der Waals surface area (Å²) in [6.45, 7) is 0. The summed E-state index contributed by atoms with van der Waals surface area (Å²) in [6.07, 6.45) is 0. The van der Waals surface area contributed by atoms with Crippen LogP contribution in [-0.4, -0.2) is 8.42 Å². The molecule has 0 atom stereocenters. The predicted octanol–water partition coefficient (Wildman–Crippen LogP) is 1.67. The quantitative estimate of drug-likeness (QED) is 0.744. The summed E-state index contributed by atoms with van der Waals surface area (Å²) in [6, 6.07) is 9.56. The monoisotopic (exact) mass is 306 g/mol. The van der Waals surface area contributed by atoms with Crippen molar-refractivity contribution < 1.29 is 12.8 Å². The van der Waals surface area contributed by atoms with Gasteiger partial charge in [-0.3, -0.25) is 0 Å². The zero-order valence-electron chi connectivity index (χ0n) is 10.7. The Morgan fingerprint density at radius 3 is 2.33 bits per heavy atom. The van der Waals surface area contributed by atoms with Crippen molar-refractivity contribution >= 4 is 27.1 Å². The van der Waals surface area contributed by atoms with Gasteiger partial charge < -0.3 is 11.1 Å². The van der Waals surface area contributed by atoms with Crippen molar-refractivity contribution in [1.82, 2.24) is 0 Å². The molecular formula is C13H11FN4O2S. The van der Waals surface area contributed by atoms with E-state index < -0.39 is 15.8 Å². The number of halogens is 1. The van der Waals surface area contributed by atoms with Crippen LogP contribution in [-0.2, 0) is 10.0 Å². The van der Waals surface area contributed by atoms with Crippen molar-refractivity contribution in [3.63, 3.8) is 0 Å². The average Bonchev–Trinajstić information content (AvgIpc) is 2.41. The summed E-state index contributed by atoms with van der Waals surface area (Å²) in [5.41, 5.74) is 6.45. The standard InChI is InChI=1S/C13H11FN4O2S/c14-10-5-8(7-15)1-3-12(10)18-13-4-2-9(6-11(13)16)21(17,19)20/h1-6,18H,16H2,(H2,17,19,20). The fraction of sp³-hybridized carbons (Fsp3) is 0. The van der Waals surface area contributed by atoms with Crippen molar-refractivity contribution in [2.75, 3.05) is 11.1 Å². The molecule has 2 aromatic carbocycles. The van der Waals surface area contributed by atoms with E-state index in [9.17, 15) is 12.8 Å². The van der Waals surface area contributed by atoms with E-state index in [1.165, 1.54) is 30.3 Å². The third-order valence-corrected chi connectivity index (χ3v) is 3.63. The van der Waals surface area contributed by atoms with E-state index in [0.717, 1.165) is 6.07 Å². The number of primary sulfonamides is 1. The van der Waals surface area contributed by atoms with Crippen LogP contribution in [0.3, 0.4) is 0 Å². The van der Waals surface area contributed by atoms with E-state index in [4.69, 9.17) is 16.1 Å². The lowest BCUT2D eigenvalue weighted by Crippen LogP contribution is -2.12. The van der Waals surface area contributed by atoms with Crippen LogP contribution in [0.2, 0.25) is 0 Å². The van der Waals surface area contributed by atoms with E-state index in [2.05, 4.69) is 5.32 Å². The lowest BCUT2D eigenvalue weighted by Gasteiger charge is -2.11. The molecule has 0 bridgehead atoms. The SMILES string of the molecule is N#Cc1ccc(Nc2ccc(S(N)(=O)=O)cc2N)c(F)c1. The molecule has 21 heavy (non-hydrogen) atoms. The van der Waals surface area contributed by atoms with Gasteiger partial charge in [0.1, 0.15) is 5.82 Å². The molecule has 0 aliphatic heterocycles. The lowest BCUT2D eigenvalue weighted by molar-refractivity contribution is 0.598. The summed E-state index contributed by atoms with van der Waals surface area (Å²) < 4.78 is 36.1. The number of nitrogens with two attached hydrogens (primary N) is 2. The highest BCUT2D eigenvalue weighted by molar-refractivity contribution is 7.89. The molecule has 0 saturated heterocycles. The summed E-state index contributed by atoms with van der Waals surface area (Å²) >= 11 is 0. The van der Waals surface area contributed by atoms with E-state index in [-0.39, 0.29) is 21.8 Å². The van der Waals surface area contributed by atoms with Crippen LogP contribution in [0.25, 0.3) is 0 Å². The van der Waals surface area contributed by atoms with Crippen molar-refractivity contribution in [1.29, 1.82) is 5.26 Å². The van der Waals surface area contributed by atoms with Gasteiger partial charge in [-0.25, -0.2) is 17.9 Å². The number of hydrogen-bond donors (Lipinski definition) is 3. The summed E-state index contributed by atoms with van der Waals surface area (Å²) in [5.74, 6) is -0.621. The number of nitriles is 1. The fourth-order valence-corrected chi connectivity index (χ4v) is 2.21. The summed E-state index contributed by atoms with van der Waals surface area (Å²) in [7, 11) is -3.85. The number of anilines is 3. The molecule has 2 rings (SSSR count). The molecule has 5 N–H and O–H groups in total. The molecule has 6 nitrogen and oxygen atoms in total. The van der Waals surface area contributed by atoms with Crippen LogP contribution in [0.15, 0.2) is 41.3 Å². The molecule has 2 aromatic rings. The van der Waals surface area contributed by atoms with Gasteiger partial charge in [-0.15, -0.1) is 0 Å². The minimum atomic E-state index is -3.85. The maximum absolute atomic E-state index is 13.8. The number of nitrogens with one attached hydrogen (secondary N) is 1. The maximum Gasteiger partial charge on any atom is 0.238 e. The Morgan fingerprint density at radius 2 is 1.81 bits per heavy atom. The Bertz CT molecular complexity index is 844. The number of nitrogens with zero attached hydrogens (tertiary/aromatic N) is 1. The molecule has 8 heteroatoms. The highest BCUT2D eigenvalue weighted by Gasteiger charge is 2.11. The molecule has 0 amide bonds. The summed E-state index contributed by atoms with van der Waals surface area (Å²) in [5, 5.41) is 16.4. The zero-order chi connectivity index (χ0) is 15.6. The number of hydrogen-bond acceptors (Lipinski definition) is 5. The first-order valence-electron chi connectivity index (χ1n) is 5.70. The summed E-state index contributed by atoms with van der Waals surface area (Å²) in [4.78, 5) is -0.133. The van der Waals surface area contributed by atoms with Gasteiger partial charge in [0.2, 0.25) is 10.0 Å². The maximum atomic E-state index is 13.8. The van der Waals surface area contributed by atoms with Crippen molar-refractivity contribution in [3.05, 3.63) is 47.8 Å². The molecule has 0 spiro atoms. The molecule has 0 fully saturated rings. The first kappa shape index (κ1) is 14.8. The van der Waals surface area contributed by atoms with E-state index in [1.54, 1.807) is 0 Å². The Kier molecular flexibility index (Phi) is 3.80. The minimum absolute atomic E-state index is 0.102. The highest BCUT2D eigenvalue weighted by atomic mass is 32.2. The first-order chi connectivity index (χ1) is 9.81. The smallest absolute Gasteiger partial charge is 0.238 e. The Hall–Kier alpha value is -2.63. The van der Waals surface area contributed by atoms with E-state index in [0.29, 0.717) is 5.69 Å². The lowest BCUT2D eigenvalue weighted by atomic mass is 10.2. The van der Waals surface area contributed by atoms with Crippen LogP contribution < -0.4 is 16.2 Å². The molecular weight excluding hydrogens is 295 g/mol. The van der Waals surface area contributed by atoms with Gasteiger partial charge >= 0.3 is 0 Å². The van der Waals surface area contributed by atoms with Gasteiger partial charge in [0, 0.05) is 0 Å². The second-order valence-corrected chi connectivity index (χ2v) is 5.79. The highest BCUT2D eigenvalue weighted by Crippen LogP contribution is 2.27. The number of benzene rings is 2. The third-order valence-electron chi connectivity index (χ3n) is 2.72. The van der Waals surface area contributed by atoms with Crippen LogP contribution in [0.1, 0.15) is 5.56 Å². The Morgan fingerprint density at radius 1 is 1.14 bits per heavy atom. The topological polar surface area (TPSA) is 122 Å². The molecule has 0 radical (unpaired) electrons. The average molecular weight is 306 g/mol. The van der Waals surface area contributed by atoms with Gasteiger partial charge in [-0.05, 0) is 36.4 Å². The largest absolute Gasteiger partial charge is 0.397 e. The Balaban J connectivity index is 2.35. The van der Waals surface area contributed by atoms with Crippen molar-refractivity contribution in [2.45, 2.75) is 4.90 Å². The predicted molar refractivity (Wildman–Crippen MR) is 76.6 cm³/mol. The van der Waals surface area contributed by atoms with Gasteiger partial charge in [-0.2, -0.15) is 5.26 Å². The van der Waals surface area contributed by atoms with E-state index in [1.807, 2.05) is 6.07 Å². The molecule has 0 unspecified atom stereocenters. The van der Waals surface area contributed by atoms with Crippen LogP contribution >= 0.6 is 0 Å². The van der Waals surface area contributed by atoms with Crippen LogP contribution in [0.5, 0.6) is 0 Å². The van der Waals surface area contributed by atoms with Gasteiger partial charge in [0.05, 0.1) is 33.6 Å². The van der Waals surface area contributed by atoms with Gasteiger partial charge in [0.15, 0.2) is 0 Å². The van der Waals surface area contributed by atoms with Crippen molar-refractivity contribution in [3.8, 4) is 6.07 Å². The number of nitrogen functional groups attached to an aromatic ring is 1. The van der Waals surface area contributed by atoms with E-state index >= 15 is 0 Å². The van der Waals surface area contributed by atoms with Gasteiger partial charge in [0.25, 0.3) is 0 Å².